The summed E-state index contributed by atoms with van der Waals surface area (Å²) in [7, 11) is 0. The zero-order valence-corrected chi connectivity index (χ0v) is 13.5. The van der Waals surface area contributed by atoms with E-state index in [-0.39, 0.29) is 0 Å². The average Bonchev–Trinajstić information content (AvgIpc) is 2.72. The fourth-order valence-electron chi connectivity index (χ4n) is 3.34. The minimum atomic E-state index is -0.578. The number of hydrogen-bond acceptors (Lipinski definition) is 4. The standard InChI is InChI=1S/C21H16N4/c1-5-17(13-22-9-1)21(18-6-2-10-23-14-18,19-7-3-11-24-15-19)20-8-4-12-25-16-20/h1-16H. The molecular weight excluding hydrogens is 308 g/mol. The fourth-order valence-corrected chi connectivity index (χ4v) is 3.34. The first-order valence-corrected chi connectivity index (χ1v) is 8.04. The summed E-state index contributed by atoms with van der Waals surface area (Å²) in [5.41, 5.74) is 3.60. The van der Waals surface area contributed by atoms with E-state index in [0.29, 0.717) is 0 Å². The molecule has 4 aromatic rings. The van der Waals surface area contributed by atoms with Gasteiger partial charge in [-0.25, -0.2) is 0 Å². The van der Waals surface area contributed by atoms with Crippen molar-refractivity contribution in [2.24, 2.45) is 0 Å². The lowest BCUT2D eigenvalue weighted by atomic mass is 9.67. The van der Waals surface area contributed by atoms with E-state index in [9.17, 15) is 0 Å². The van der Waals surface area contributed by atoms with Gasteiger partial charge in [0.25, 0.3) is 0 Å². The molecule has 0 amide bonds. The molecule has 0 aliphatic heterocycles. The molecule has 4 aromatic heterocycles. The summed E-state index contributed by atoms with van der Waals surface area (Å²) in [5, 5.41) is 0. The summed E-state index contributed by atoms with van der Waals surface area (Å²) >= 11 is 0. The maximum atomic E-state index is 4.37. The molecule has 0 spiro atoms. The highest BCUT2D eigenvalue weighted by Crippen LogP contribution is 2.43. The maximum absolute atomic E-state index is 4.37. The van der Waals surface area contributed by atoms with E-state index in [1.807, 2.05) is 49.1 Å². The Hall–Kier alpha value is -3.40. The molecule has 0 aromatic carbocycles. The maximum Gasteiger partial charge on any atom is 0.0760 e. The average molecular weight is 324 g/mol. The Balaban J connectivity index is 2.13. The highest BCUT2D eigenvalue weighted by atomic mass is 14.7. The zero-order valence-electron chi connectivity index (χ0n) is 13.5. The van der Waals surface area contributed by atoms with Gasteiger partial charge < -0.3 is 0 Å². The van der Waals surface area contributed by atoms with Crippen LogP contribution in [0.2, 0.25) is 0 Å². The number of pyridine rings is 4. The van der Waals surface area contributed by atoms with E-state index in [1.54, 1.807) is 24.8 Å². The van der Waals surface area contributed by atoms with Gasteiger partial charge in [0.2, 0.25) is 0 Å². The van der Waals surface area contributed by atoms with E-state index in [4.69, 9.17) is 0 Å². The third-order valence-electron chi connectivity index (χ3n) is 4.38. The van der Waals surface area contributed by atoms with Gasteiger partial charge in [-0.3, -0.25) is 19.9 Å². The molecule has 0 fully saturated rings. The smallest absolute Gasteiger partial charge is 0.0760 e. The van der Waals surface area contributed by atoms with Crippen LogP contribution in [0.5, 0.6) is 0 Å². The van der Waals surface area contributed by atoms with Crippen molar-refractivity contribution in [3.8, 4) is 0 Å². The summed E-state index contributed by atoms with van der Waals surface area (Å²) in [4.78, 5) is 17.5. The Kier molecular flexibility index (Phi) is 4.01. The van der Waals surface area contributed by atoms with Gasteiger partial charge in [0, 0.05) is 49.6 Å². The van der Waals surface area contributed by atoms with Crippen LogP contribution < -0.4 is 0 Å². The Morgan fingerprint density at radius 2 is 0.720 bits per heavy atom. The quantitative estimate of drug-likeness (QED) is 0.575. The zero-order chi connectivity index (χ0) is 17.0. The van der Waals surface area contributed by atoms with Crippen LogP contribution in [0.25, 0.3) is 0 Å². The monoisotopic (exact) mass is 324 g/mol. The second-order valence-corrected chi connectivity index (χ2v) is 5.72. The van der Waals surface area contributed by atoms with Gasteiger partial charge >= 0.3 is 0 Å². The molecule has 0 saturated carbocycles. The summed E-state index contributed by atoms with van der Waals surface area (Å²) in [6.07, 6.45) is 14.7. The van der Waals surface area contributed by atoms with Gasteiger partial charge in [-0.05, 0) is 46.5 Å². The topological polar surface area (TPSA) is 51.6 Å². The van der Waals surface area contributed by atoms with Gasteiger partial charge in [0.15, 0.2) is 0 Å². The Bertz CT molecular complexity index is 763. The van der Waals surface area contributed by atoms with E-state index >= 15 is 0 Å². The largest absolute Gasteiger partial charge is 0.264 e. The summed E-state index contributed by atoms with van der Waals surface area (Å²) in [5.74, 6) is 0. The number of aromatic nitrogens is 4. The highest BCUT2D eigenvalue weighted by Gasteiger charge is 2.39. The second-order valence-electron chi connectivity index (χ2n) is 5.72. The molecule has 4 rings (SSSR count). The first-order valence-electron chi connectivity index (χ1n) is 8.04. The Labute approximate surface area is 146 Å². The lowest BCUT2D eigenvalue weighted by Gasteiger charge is -2.35. The van der Waals surface area contributed by atoms with Gasteiger partial charge in [-0.15, -0.1) is 0 Å². The van der Waals surface area contributed by atoms with Gasteiger partial charge in [0.1, 0.15) is 0 Å². The van der Waals surface area contributed by atoms with Gasteiger partial charge in [-0.1, -0.05) is 24.3 Å². The van der Waals surface area contributed by atoms with Crippen molar-refractivity contribution in [3.05, 3.63) is 120 Å². The van der Waals surface area contributed by atoms with Crippen molar-refractivity contribution < 1.29 is 0 Å². The lowest BCUT2D eigenvalue weighted by Crippen LogP contribution is -2.31. The van der Waals surface area contributed by atoms with Crippen LogP contribution in [0.15, 0.2) is 98.1 Å². The lowest BCUT2D eigenvalue weighted by molar-refractivity contribution is 0.726. The van der Waals surface area contributed by atoms with Crippen LogP contribution in [0.4, 0.5) is 0 Å². The molecule has 0 N–H and O–H groups in total. The van der Waals surface area contributed by atoms with Crippen molar-refractivity contribution in [1.29, 1.82) is 0 Å². The summed E-state index contributed by atoms with van der Waals surface area (Å²) in [6.45, 7) is 0. The molecule has 25 heavy (non-hydrogen) atoms. The molecule has 0 saturated heterocycles. The predicted molar refractivity (Wildman–Crippen MR) is 95.9 cm³/mol. The fraction of sp³-hybridized carbons (Fsp3) is 0.0476. The molecule has 0 bridgehead atoms. The van der Waals surface area contributed by atoms with Crippen LogP contribution in [0, 0.1) is 0 Å². The normalized spacial score (nSPS) is 11.2. The first kappa shape index (κ1) is 15.1. The van der Waals surface area contributed by atoms with Crippen molar-refractivity contribution in [2.75, 3.05) is 0 Å². The molecule has 120 valence electrons. The highest BCUT2D eigenvalue weighted by molar-refractivity contribution is 5.57. The van der Waals surface area contributed by atoms with Crippen LogP contribution in [0.3, 0.4) is 0 Å². The van der Waals surface area contributed by atoms with Crippen molar-refractivity contribution in [1.82, 2.24) is 19.9 Å². The van der Waals surface area contributed by atoms with E-state index in [1.165, 1.54) is 0 Å². The van der Waals surface area contributed by atoms with E-state index < -0.39 is 5.41 Å². The van der Waals surface area contributed by atoms with Crippen molar-refractivity contribution in [2.45, 2.75) is 5.41 Å². The number of nitrogens with zero attached hydrogens (tertiary/aromatic N) is 4. The van der Waals surface area contributed by atoms with E-state index in [0.717, 1.165) is 22.3 Å². The Morgan fingerprint density at radius 1 is 0.440 bits per heavy atom. The predicted octanol–water partition coefficient (Wildman–Crippen LogP) is 3.65. The molecule has 4 heterocycles. The van der Waals surface area contributed by atoms with Crippen LogP contribution in [-0.2, 0) is 5.41 Å². The number of rotatable bonds is 4. The minimum Gasteiger partial charge on any atom is -0.264 e. The van der Waals surface area contributed by atoms with Crippen molar-refractivity contribution >= 4 is 0 Å². The first-order chi connectivity index (χ1) is 12.4. The van der Waals surface area contributed by atoms with E-state index in [2.05, 4.69) is 44.2 Å². The Morgan fingerprint density at radius 3 is 0.920 bits per heavy atom. The molecule has 0 aliphatic rings. The summed E-state index contributed by atoms with van der Waals surface area (Å²) in [6, 6.07) is 16.1. The van der Waals surface area contributed by atoms with Gasteiger partial charge in [-0.2, -0.15) is 0 Å². The molecular formula is C21H16N4. The molecule has 4 heteroatoms. The SMILES string of the molecule is c1cncc(C(c2cccnc2)(c2cccnc2)c2cccnc2)c1. The molecule has 0 unspecified atom stereocenters. The molecule has 4 nitrogen and oxygen atoms in total. The second kappa shape index (κ2) is 6.61. The van der Waals surface area contributed by atoms with Crippen LogP contribution in [0.1, 0.15) is 22.3 Å². The molecule has 0 aliphatic carbocycles. The van der Waals surface area contributed by atoms with Crippen LogP contribution in [-0.4, -0.2) is 19.9 Å². The molecule has 0 radical (unpaired) electrons. The van der Waals surface area contributed by atoms with Gasteiger partial charge in [0.05, 0.1) is 5.41 Å². The van der Waals surface area contributed by atoms with Crippen LogP contribution >= 0.6 is 0 Å². The third kappa shape index (κ3) is 2.58. The summed E-state index contributed by atoms with van der Waals surface area (Å²) < 4.78 is 0. The molecule has 0 atom stereocenters. The third-order valence-corrected chi connectivity index (χ3v) is 4.38. The van der Waals surface area contributed by atoms with Crippen molar-refractivity contribution in [3.63, 3.8) is 0 Å². The minimum absolute atomic E-state index is 0.578. The number of hydrogen-bond donors (Lipinski definition) is 0.